The van der Waals surface area contributed by atoms with Gasteiger partial charge in [-0.05, 0) is 31.7 Å². The van der Waals surface area contributed by atoms with Gasteiger partial charge < -0.3 is 16.0 Å². The molecule has 5 nitrogen and oxygen atoms in total. The van der Waals surface area contributed by atoms with Crippen molar-refractivity contribution >= 4 is 11.8 Å². The maximum absolute atomic E-state index is 13.1. The molecule has 4 unspecified atom stereocenters. The summed E-state index contributed by atoms with van der Waals surface area (Å²) in [5, 5.41) is 3.00. The van der Waals surface area contributed by atoms with Gasteiger partial charge in [0.1, 0.15) is 0 Å². The van der Waals surface area contributed by atoms with E-state index in [1.165, 1.54) is 0 Å². The van der Waals surface area contributed by atoms with Gasteiger partial charge in [0.2, 0.25) is 11.8 Å². The van der Waals surface area contributed by atoms with Crippen LogP contribution in [-0.4, -0.2) is 35.8 Å². The zero-order chi connectivity index (χ0) is 19.1. The van der Waals surface area contributed by atoms with E-state index in [-0.39, 0.29) is 35.7 Å². The minimum Gasteiger partial charge on any atom is -0.356 e. The molecular weight excluding hydrogens is 326 g/mol. The van der Waals surface area contributed by atoms with Crippen molar-refractivity contribution in [2.45, 2.75) is 58.5 Å². The molecular formula is C21H33N3O2. The van der Waals surface area contributed by atoms with Crippen molar-refractivity contribution in [1.29, 1.82) is 0 Å². The molecule has 1 fully saturated rings. The minimum absolute atomic E-state index is 0.0416. The summed E-state index contributed by atoms with van der Waals surface area (Å²) in [4.78, 5) is 27.3. The highest BCUT2D eigenvalue weighted by Crippen LogP contribution is 2.27. The maximum Gasteiger partial charge on any atom is 0.227 e. The number of unbranched alkanes of at least 4 members (excludes halogenated alkanes) is 1. The Morgan fingerprint density at radius 1 is 1.27 bits per heavy atom. The van der Waals surface area contributed by atoms with Gasteiger partial charge in [0.15, 0.2) is 0 Å². The van der Waals surface area contributed by atoms with Gasteiger partial charge >= 0.3 is 0 Å². The van der Waals surface area contributed by atoms with Gasteiger partial charge in [-0.3, -0.25) is 9.59 Å². The number of piperidine rings is 1. The van der Waals surface area contributed by atoms with Crippen LogP contribution in [0.15, 0.2) is 30.3 Å². The molecule has 1 aromatic rings. The second-order valence-corrected chi connectivity index (χ2v) is 7.48. The van der Waals surface area contributed by atoms with Crippen LogP contribution in [0.2, 0.25) is 0 Å². The smallest absolute Gasteiger partial charge is 0.227 e. The number of nitrogens with two attached hydrogens (primary N) is 1. The number of carbonyl (C=O) groups excluding carboxylic acids is 2. The van der Waals surface area contributed by atoms with Crippen molar-refractivity contribution in [3.63, 3.8) is 0 Å². The number of nitrogens with one attached hydrogen (secondary N) is 1. The van der Waals surface area contributed by atoms with Crippen molar-refractivity contribution in [3.8, 4) is 0 Å². The summed E-state index contributed by atoms with van der Waals surface area (Å²) < 4.78 is 0. The second kappa shape index (κ2) is 9.72. The molecule has 0 aliphatic carbocycles. The molecule has 2 amide bonds. The molecule has 144 valence electrons. The molecule has 1 aromatic carbocycles. The first-order valence-electron chi connectivity index (χ1n) is 9.84. The molecule has 0 spiro atoms. The predicted octanol–water partition coefficient (Wildman–Crippen LogP) is 2.87. The quantitative estimate of drug-likeness (QED) is 0.735. The third-order valence-corrected chi connectivity index (χ3v) is 5.48. The number of rotatable bonds is 7. The number of benzene rings is 1. The molecule has 26 heavy (non-hydrogen) atoms. The molecule has 1 heterocycles. The zero-order valence-electron chi connectivity index (χ0n) is 16.3. The van der Waals surface area contributed by atoms with Gasteiger partial charge in [0, 0.05) is 25.2 Å². The van der Waals surface area contributed by atoms with Gasteiger partial charge in [-0.25, -0.2) is 0 Å². The normalized spacial score (nSPS) is 22.5. The van der Waals surface area contributed by atoms with Crippen molar-refractivity contribution in [1.82, 2.24) is 10.2 Å². The minimum atomic E-state index is -0.338. The predicted molar refractivity (Wildman–Crippen MR) is 104 cm³/mol. The Balaban J connectivity index is 2.00. The highest BCUT2D eigenvalue weighted by molar-refractivity contribution is 5.83. The third-order valence-electron chi connectivity index (χ3n) is 5.48. The molecule has 2 rings (SSSR count). The Morgan fingerprint density at radius 3 is 2.62 bits per heavy atom. The van der Waals surface area contributed by atoms with E-state index < -0.39 is 0 Å². The fourth-order valence-corrected chi connectivity index (χ4v) is 3.54. The number of amides is 2. The van der Waals surface area contributed by atoms with Crippen molar-refractivity contribution in [3.05, 3.63) is 35.9 Å². The molecule has 1 saturated heterocycles. The molecule has 0 bridgehead atoms. The number of hydrogen-bond acceptors (Lipinski definition) is 3. The van der Waals surface area contributed by atoms with Crippen LogP contribution in [0, 0.1) is 11.8 Å². The van der Waals surface area contributed by atoms with Crippen LogP contribution >= 0.6 is 0 Å². The summed E-state index contributed by atoms with van der Waals surface area (Å²) in [6.07, 6.45) is 3.73. The average molecular weight is 360 g/mol. The summed E-state index contributed by atoms with van der Waals surface area (Å²) in [7, 11) is 0. The fourth-order valence-electron chi connectivity index (χ4n) is 3.54. The van der Waals surface area contributed by atoms with E-state index in [2.05, 4.69) is 19.2 Å². The molecule has 3 N–H and O–H groups in total. The molecule has 0 radical (unpaired) electrons. The van der Waals surface area contributed by atoms with Crippen LogP contribution in [0.5, 0.6) is 0 Å². The van der Waals surface area contributed by atoms with Crippen LogP contribution in [0.1, 0.15) is 58.1 Å². The van der Waals surface area contributed by atoms with Gasteiger partial charge in [0.05, 0.1) is 11.8 Å². The van der Waals surface area contributed by atoms with Gasteiger partial charge in [-0.15, -0.1) is 0 Å². The van der Waals surface area contributed by atoms with E-state index in [1.807, 2.05) is 42.2 Å². The lowest BCUT2D eigenvalue weighted by atomic mass is 9.89. The molecule has 1 aliphatic heterocycles. The van der Waals surface area contributed by atoms with Gasteiger partial charge in [-0.2, -0.15) is 0 Å². The van der Waals surface area contributed by atoms with Crippen LogP contribution in [0.25, 0.3) is 0 Å². The van der Waals surface area contributed by atoms with E-state index in [0.29, 0.717) is 13.1 Å². The Kier molecular flexibility index (Phi) is 7.64. The topological polar surface area (TPSA) is 75.4 Å². The summed E-state index contributed by atoms with van der Waals surface area (Å²) in [6.45, 7) is 7.25. The monoisotopic (exact) mass is 359 g/mol. The third kappa shape index (κ3) is 5.07. The lowest BCUT2D eigenvalue weighted by Gasteiger charge is -2.39. The number of carbonyl (C=O) groups is 2. The molecule has 0 saturated carbocycles. The Hall–Kier alpha value is -1.88. The molecule has 4 atom stereocenters. The standard InChI is InChI=1S/C21H33N3O2/c1-4-5-13-23-20(25)18-12-11-15(2)24(14-18)21(26)16(3)19(22)17-9-7-6-8-10-17/h6-10,15-16,18-19H,4-5,11-14,22H2,1-3H3,(H,23,25). The van der Waals surface area contributed by atoms with Gasteiger partial charge in [-0.1, -0.05) is 50.6 Å². The van der Waals surface area contributed by atoms with E-state index in [9.17, 15) is 9.59 Å². The first-order valence-corrected chi connectivity index (χ1v) is 9.84. The van der Waals surface area contributed by atoms with Crippen LogP contribution < -0.4 is 11.1 Å². The lowest BCUT2D eigenvalue weighted by Crippen LogP contribution is -2.52. The molecule has 5 heteroatoms. The van der Waals surface area contributed by atoms with E-state index in [0.717, 1.165) is 31.2 Å². The Morgan fingerprint density at radius 2 is 1.96 bits per heavy atom. The lowest BCUT2D eigenvalue weighted by molar-refractivity contribution is -0.142. The number of nitrogens with zero attached hydrogens (tertiary/aromatic N) is 1. The Labute approximate surface area is 157 Å². The number of likely N-dealkylation sites (tertiary alicyclic amines) is 1. The molecule has 1 aliphatic rings. The SMILES string of the molecule is CCCCNC(=O)C1CCC(C)N(C(=O)C(C)C(N)c2ccccc2)C1. The maximum atomic E-state index is 13.1. The first-order chi connectivity index (χ1) is 12.5. The fraction of sp³-hybridized carbons (Fsp3) is 0.619. The van der Waals surface area contributed by atoms with Crippen LogP contribution in [-0.2, 0) is 9.59 Å². The summed E-state index contributed by atoms with van der Waals surface area (Å²) in [6, 6.07) is 9.54. The number of hydrogen-bond donors (Lipinski definition) is 2. The van der Waals surface area contributed by atoms with E-state index >= 15 is 0 Å². The summed E-state index contributed by atoms with van der Waals surface area (Å²) >= 11 is 0. The summed E-state index contributed by atoms with van der Waals surface area (Å²) in [5.41, 5.74) is 7.30. The van der Waals surface area contributed by atoms with Crippen molar-refractivity contribution in [2.24, 2.45) is 17.6 Å². The second-order valence-electron chi connectivity index (χ2n) is 7.48. The highest BCUT2D eigenvalue weighted by atomic mass is 16.2. The average Bonchev–Trinajstić information content (AvgIpc) is 2.67. The Bertz CT molecular complexity index is 590. The summed E-state index contributed by atoms with van der Waals surface area (Å²) in [5.74, 6) is -0.322. The van der Waals surface area contributed by atoms with E-state index in [1.54, 1.807) is 0 Å². The van der Waals surface area contributed by atoms with Crippen molar-refractivity contribution < 1.29 is 9.59 Å². The first kappa shape index (κ1) is 20.4. The molecule has 0 aromatic heterocycles. The van der Waals surface area contributed by atoms with Crippen molar-refractivity contribution in [2.75, 3.05) is 13.1 Å². The highest BCUT2D eigenvalue weighted by Gasteiger charge is 2.35. The van der Waals surface area contributed by atoms with Crippen LogP contribution in [0.3, 0.4) is 0 Å². The van der Waals surface area contributed by atoms with E-state index in [4.69, 9.17) is 5.73 Å². The van der Waals surface area contributed by atoms with Gasteiger partial charge in [0.25, 0.3) is 0 Å². The van der Waals surface area contributed by atoms with Crippen LogP contribution in [0.4, 0.5) is 0 Å². The largest absolute Gasteiger partial charge is 0.356 e. The zero-order valence-corrected chi connectivity index (χ0v) is 16.3.